The van der Waals surface area contributed by atoms with Crippen LogP contribution in [0, 0.1) is 0 Å². The first-order valence-electron chi connectivity index (χ1n) is 10.7. The summed E-state index contributed by atoms with van der Waals surface area (Å²) in [7, 11) is 1.53. The molecule has 32 heavy (non-hydrogen) atoms. The molecule has 0 N–H and O–H groups in total. The highest BCUT2D eigenvalue weighted by atomic mass is 16.5. The third kappa shape index (κ3) is 3.72. The van der Waals surface area contributed by atoms with E-state index in [1.807, 2.05) is 36.6 Å². The summed E-state index contributed by atoms with van der Waals surface area (Å²) in [5.74, 6) is -0.740. The molecular weight excluding hydrogens is 408 g/mol. The van der Waals surface area contributed by atoms with Crippen molar-refractivity contribution >= 4 is 28.6 Å². The topological polar surface area (TPSA) is 84.7 Å². The zero-order valence-electron chi connectivity index (χ0n) is 18.4. The van der Waals surface area contributed by atoms with E-state index in [0.717, 1.165) is 0 Å². The smallest absolute Gasteiger partial charge is 0.295 e. The molecule has 3 heterocycles. The molecule has 0 aliphatic carbocycles. The highest BCUT2D eigenvalue weighted by Crippen LogP contribution is 2.30. The van der Waals surface area contributed by atoms with Gasteiger partial charge in [-0.25, -0.2) is 4.98 Å². The Morgan fingerprint density at radius 3 is 2.53 bits per heavy atom. The van der Waals surface area contributed by atoms with E-state index in [4.69, 9.17) is 4.74 Å². The van der Waals surface area contributed by atoms with E-state index in [9.17, 15) is 14.4 Å². The first-order valence-corrected chi connectivity index (χ1v) is 10.7. The SMILES string of the molecule is CCn1cc(C(=O)C(=O)N2CCN(C(=O)c3ccccc3)C[C@H]2C)c2c(OC)ccnc21. The number of ether oxygens (including phenoxy) is 1. The van der Waals surface area contributed by atoms with Crippen molar-refractivity contribution in [2.45, 2.75) is 26.4 Å². The van der Waals surface area contributed by atoms with Crippen LogP contribution in [0.5, 0.6) is 5.75 Å². The van der Waals surface area contributed by atoms with Gasteiger partial charge in [0.05, 0.1) is 18.1 Å². The van der Waals surface area contributed by atoms with Crippen molar-refractivity contribution in [3.05, 3.63) is 59.9 Å². The Hall–Kier alpha value is -3.68. The number of ketones is 1. The summed E-state index contributed by atoms with van der Waals surface area (Å²) >= 11 is 0. The van der Waals surface area contributed by atoms with Crippen LogP contribution in [-0.4, -0.2) is 69.7 Å². The van der Waals surface area contributed by atoms with Crippen LogP contribution >= 0.6 is 0 Å². The number of Topliss-reactive ketones (excluding diaryl/α,β-unsaturated/α-hetero) is 1. The minimum Gasteiger partial charge on any atom is -0.496 e. The van der Waals surface area contributed by atoms with Crippen LogP contribution in [0.3, 0.4) is 0 Å². The summed E-state index contributed by atoms with van der Waals surface area (Å²) in [5, 5.41) is 0.542. The molecule has 8 nitrogen and oxygen atoms in total. The Labute approximate surface area is 186 Å². The third-order valence-electron chi connectivity index (χ3n) is 5.91. The normalized spacial score (nSPS) is 16.3. The lowest BCUT2D eigenvalue weighted by Gasteiger charge is -2.39. The molecule has 1 atom stereocenters. The lowest BCUT2D eigenvalue weighted by atomic mass is 10.1. The Morgan fingerprint density at radius 2 is 1.88 bits per heavy atom. The lowest BCUT2D eigenvalue weighted by Crippen LogP contribution is -2.56. The number of hydrogen-bond donors (Lipinski definition) is 0. The molecule has 1 aliphatic heterocycles. The van der Waals surface area contributed by atoms with Gasteiger partial charge in [0.15, 0.2) is 0 Å². The standard InChI is InChI=1S/C24H26N4O4/c1-4-26-15-18(20-19(32-3)10-11-25-22(20)26)21(29)24(31)28-13-12-27(14-16(28)2)23(30)17-8-6-5-7-9-17/h5-11,15-16H,4,12-14H2,1-3H3/t16-/m1/s1. The highest BCUT2D eigenvalue weighted by Gasteiger charge is 2.35. The number of aromatic nitrogens is 2. The number of aryl methyl sites for hydroxylation is 1. The van der Waals surface area contributed by atoms with Gasteiger partial charge in [-0.05, 0) is 32.0 Å². The molecule has 4 rings (SSSR count). The Balaban J connectivity index is 1.56. The van der Waals surface area contributed by atoms with Crippen LogP contribution in [0.2, 0.25) is 0 Å². The summed E-state index contributed by atoms with van der Waals surface area (Å²) in [5.41, 5.74) is 1.50. The van der Waals surface area contributed by atoms with Crippen molar-refractivity contribution in [3.63, 3.8) is 0 Å². The predicted molar refractivity (Wildman–Crippen MR) is 120 cm³/mol. The zero-order valence-corrected chi connectivity index (χ0v) is 18.4. The van der Waals surface area contributed by atoms with Gasteiger partial charge < -0.3 is 19.1 Å². The van der Waals surface area contributed by atoms with Crippen molar-refractivity contribution in [1.82, 2.24) is 19.4 Å². The van der Waals surface area contributed by atoms with Gasteiger partial charge in [0.2, 0.25) is 0 Å². The fourth-order valence-corrected chi connectivity index (χ4v) is 4.22. The minimum atomic E-state index is -0.594. The molecule has 1 fully saturated rings. The number of benzene rings is 1. The Morgan fingerprint density at radius 1 is 1.12 bits per heavy atom. The maximum absolute atomic E-state index is 13.3. The van der Waals surface area contributed by atoms with Crippen molar-refractivity contribution < 1.29 is 19.1 Å². The van der Waals surface area contributed by atoms with Crippen LogP contribution in [0.4, 0.5) is 0 Å². The molecular formula is C24H26N4O4. The van der Waals surface area contributed by atoms with Gasteiger partial charge >= 0.3 is 0 Å². The number of carbonyl (C=O) groups is 3. The van der Waals surface area contributed by atoms with Crippen molar-refractivity contribution in [2.24, 2.45) is 0 Å². The summed E-state index contributed by atoms with van der Waals surface area (Å²) in [6, 6.07) is 10.5. The minimum absolute atomic E-state index is 0.0716. The number of piperazine rings is 1. The van der Waals surface area contributed by atoms with Gasteiger partial charge in [-0.2, -0.15) is 0 Å². The predicted octanol–water partition coefficient (Wildman–Crippen LogP) is 2.62. The summed E-state index contributed by atoms with van der Waals surface area (Å²) in [4.78, 5) is 46.9. The zero-order chi connectivity index (χ0) is 22.8. The van der Waals surface area contributed by atoms with Crippen LogP contribution in [0.25, 0.3) is 11.0 Å². The fraction of sp³-hybridized carbons (Fsp3) is 0.333. The van der Waals surface area contributed by atoms with Crippen molar-refractivity contribution in [2.75, 3.05) is 26.7 Å². The Bertz CT molecular complexity index is 1170. The van der Waals surface area contributed by atoms with Crippen molar-refractivity contribution in [3.8, 4) is 5.75 Å². The first-order chi connectivity index (χ1) is 15.5. The first kappa shape index (κ1) is 21.5. The number of fused-ring (bicyclic) bond motifs is 1. The average molecular weight is 434 g/mol. The maximum Gasteiger partial charge on any atom is 0.295 e. The van der Waals surface area contributed by atoms with E-state index in [1.165, 1.54) is 7.11 Å². The van der Waals surface area contributed by atoms with Crippen LogP contribution in [0.15, 0.2) is 48.8 Å². The molecule has 166 valence electrons. The van der Waals surface area contributed by atoms with E-state index in [-0.39, 0.29) is 17.5 Å². The molecule has 2 amide bonds. The van der Waals surface area contributed by atoms with Gasteiger partial charge in [-0.3, -0.25) is 14.4 Å². The molecule has 3 aromatic rings. The average Bonchev–Trinajstić information content (AvgIpc) is 3.22. The van der Waals surface area contributed by atoms with E-state index in [0.29, 0.717) is 48.5 Å². The van der Waals surface area contributed by atoms with Gasteiger partial charge in [-0.15, -0.1) is 0 Å². The molecule has 8 heteroatoms. The number of pyridine rings is 1. The molecule has 1 aromatic carbocycles. The van der Waals surface area contributed by atoms with Crippen LogP contribution in [-0.2, 0) is 11.3 Å². The molecule has 0 bridgehead atoms. The summed E-state index contributed by atoms with van der Waals surface area (Å²) in [6.45, 7) is 5.45. The van der Waals surface area contributed by atoms with Gasteiger partial charge in [0.1, 0.15) is 11.4 Å². The number of carbonyl (C=O) groups excluding carboxylic acids is 3. The maximum atomic E-state index is 13.3. The van der Waals surface area contributed by atoms with E-state index in [2.05, 4.69) is 4.98 Å². The van der Waals surface area contributed by atoms with Crippen molar-refractivity contribution in [1.29, 1.82) is 0 Å². The highest BCUT2D eigenvalue weighted by molar-refractivity contribution is 6.45. The second-order valence-electron chi connectivity index (χ2n) is 7.83. The quantitative estimate of drug-likeness (QED) is 0.455. The van der Waals surface area contributed by atoms with E-state index in [1.54, 1.807) is 40.4 Å². The monoisotopic (exact) mass is 434 g/mol. The lowest BCUT2D eigenvalue weighted by molar-refractivity contribution is -0.130. The number of hydrogen-bond acceptors (Lipinski definition) is 5. The van der Waals surface area contributed by atoms with E-state index >= 15 is 0 Å². The van der Waals surface area contributed by atoms with Crippen LogP contribution < -0.4 is 4.74 Å². The van der Waals surface area contributed by atoms with Gasteiger partial charge in [0, 0.05) is 50.2 Å². The van der Waals surface area contributed by atoms with Crippen LogP contribution in [0.1, 0.15) is 34.6 Å². The molecule has 0 spiro atoms. The van der Waals surface area contributed by atoms with Gasteiger partial charge in [0.25, 0.3) is 17.6 Å². The number of nitrogens with zero attached hydrogens (tertiary/aromatic N) is 4. The second-order valence-corrected chi connectivity index (χ2v) is 7.83. The molecule has 0 saturated carbocycles. The van der Waals surface area contributed by atoms with E-state index < -0.39 is 11.7 Å². The summed E-state index contributed by atoms with van der Waals surface area (Å²) in [6.07, 6.45) is 3.29. The fourth-order valence-electron chi connectivity index (χ4n) is 4.22. The molecule has 2 aromatic heterocycles. The molecule has 1 aliphatic rings. The largest absolute Gasteiger partial charge is 0.496 e. The second kappa shape index (κ2) is 8.82. The summed E-state index contributed by atoms with van der Waals surface area (Å²) < 4.78 is 7.26. The number of amides is 2. The molecule has 0 unspecified atom stereocenters. The molecule has 0 radical (unpaired) electrons. The Kier molecular flexibility index (Phi) is 5.94. The number of methoxy groups -OCH3 is 1. The number of rotatable bonds is 5. The molecule has 1 saturated heterocycles. The van der Waals surface area contributed by atoms with Gasteiger partial charge in [-0.1, -0.05) is 18.2 Å². The third-order valence-corrected chi connectivity index (χ3v) is 5.91.